The van der Waals surface area contributed by atoms with Crippen LogP contribution in [0.25, 0.3) is 11.5 Å². The summed E-state index contributed by atoms with van der Waals surface area (Å²) in [5, 5.41) is 13.2. The minimum atomic E-state index is -0.934. The van der Waals surface area contributed by atoms with Gasteiger partial charge >= 0.3 is 5.97 Å². The largest absolute Gasteiger partial charge is 0.493 e. The Balaban J connectivity index is 1.56. The van der Waals surface area contributed by atoms with E-state index < -0.39 is 11.9 Å². The van der Waals surface area contributed by atoms with Crippen LogP contribution in [0.3, 0.4) is 0 Å². The first kappa shape index (κ1) is 22.1. The number of benzene rings is 2. The number of hydrogen-bond donors (Lipinski definition) is 1. The Morgan fingerprint density at radius 3 is 2.52 bits per heavy atom. The highest BCUT2D eigenvalue weighted by Crippen LogP contribution is 2.22. The highest BCUT2D eigenvalue weighted by Gasteiger charge is 2.22. The van der Waals surface area contributed by atoms with Crippen molar-refractivity contribution in [2.24, 2.45) is 11.1 Å². The zero-order valence-electron chi connectivity index (χ0n) is 17.9. The van der Waals surface area contributed by atoms with Gasteiger partial charge in [-0.05, 0) is 50.1 Å². The summed E-state index contributed by atoms with van der Waals surface area (Å²) in [6.45, 7) is 4.00. The standard InChI is InChI=1S/C24H26N2O5/c1-16(26-29-3)21(24(27)28)15-18-9-11-20(12-10-18)30-14-13-22-17(2)31-23(25-22)19-7-5-4-6-8-19/h4-12,21H,13-15H2,1-3H3,(H,27,28)/b26-16+. The molecule has 0 bridgehead atoms. The Morgan fingerprint density at radius 2 is 1.87 bits per heavy atom. The van der Waals surface area contributed by atoms with Crippen LogP contribution < -0.4 is 4.74 Å². The van der Waals surface area contributed by atoms with Crippen molar-refractivity contribution in [3.05, 3.63) is 71.6 Å². The van der Waals surface area contributed by atoms with Crippen LogP contribution in [0, 0.1) is 12.8 Å². The van der Waals surface area contributed by atoms with Crippen LogP contribution in [-0.2, 0) is 22.5 Å². The highest BCUT2D eigenvalue weighted by molar-refractivity contribution is 6.00. The molecule has 0 aliphatic carbocycles. The first-order valence-electron chi connectivity index (χ1n) is 10.0. The van der Waals surface area contributed by atoms with E-state index in [0.717, 1.165) is 22.6 Å². The predicted octanol–water partition coefficient (Wildman–Crippen LogP) is 4.54. The Hall–Kier alpha value is -3.61. The lowest BCUT2D eigenvalue weighted by Gasteiger charge is -2.12. The van der Waals surface area contributed by atoms with Crippen molar-refractivity contribution in [3.63, 3.8) is 0 Å². The second-order valence-corrected chi connectivity index (χ2v) is 7.14. The maximum absolute atomic E-state index is 11.5. The number of aryl methyl sites for hydroxylation is 1. The summed E-state index contributed by atoms with van der Waals surface area (Å²) in [6, 6.07) is 17.2. The van der Waals surface area contributed by atoms with Gasteiger partial charge in [-0.3, -0.25) is 4.79 Å². The van der Waals surface area contributed by atoms with E-state index >= 15 is 0 Å². The number of carbonyl (C=O) groups is 1. The van der Waals surface area contributed by atoms with Crippen LogP contribution in [0.1, 0.15) is 23.9 Å². The molecule has 162 valence electrons. The van der Waals surface area contributed by atoms with Crippen molar-refractivity contribution in [3.8, 4) is 17.2 Å². The molecule has 1 heterocycles. The smallest absolute Gasteiger partial charge is 0.312 e. The fourth-order valence-electron chi connectivity index (χ4n) is 3.21. The molecule has 0 radical (unpaired) electrons. The van der Waals surface area contributed by atoms with Gasteiger partial charge in [0.05, 0.1) is 18.0 Å². The molecule has 2 aromatic carbocycles. The number of nitrogens with zero attached hydrogens (tertiary/aromatic N) is 2. The van der Waals surface area contributed by atoms with Gasteiger partial charge in [0.2, 0.25) is 5.89 Å². The molecule has 0 amide bonds. The number of aliphatic carboxylic acids is 1. The molecule has 1 unspecified atom stereocenters. The van der Waals surface area contributed by atoms with Gasteiger partial charge in [-0.25, -0.2) is 4.98 Å². The van der Waals surface area contributed by atoms with Gasteiger partial charge in [-0.15, -0.1) is 0 Å². The van der Waals surface area contributed by atoms with Gasteiger partial charge in [0.15, 0.2) is 0 Å². The van der Waals surface area contributed by atoms with Gasteiger partial charge in [-0.1, -0.05) is 35.5 Å². The molecule has 1 atom stereocenters. The highest BCUT2D eigenvalue weighted by atomic mass is 16.6. The molecule has 1 aromatic heterocycles. The van der Waals surface area contributed by atoms with E-state index in [1.165, 1.54) is 7.11 Å². The van der Waals surface area contributed by atoms with Gasteiger partial charge < -0.3 is 19.1 Å². The van der Waals surface area contributed by atoms with Crippen molar-refractivity contribution in [2.75, 3.05) is 13.7 Å². The topological polar surface area (TPSA) is 94.2 Å². The summed E-state index contributed by atoms with van der Waals surface area (Å²) in [7, 11) is 1.40. The summed E-state index contributed by atoms with van der Waals surface area (Å²) in [5.41, 5.74) is 3.12. The first-order valence-corrected chi connectivity index (χ1v) is 10.0. The molecule has 3 rings (SSSR count). The average molecular weight is 422 g/mol. The molecule has 31 heavy (non-hydrogen) atoms. The number of rotatable bonds is 10. The monoisotopic (exact) mass is 422 g/mol. The maximum Gasteiger partial charge on any atom is 0.312 e. The lowest BCUT2D eigenvalue weighted by atomic mass is 9.95. The summed E-state index contributed by atoms with van der Waals surface area (Å²) in [5.74, 6) is 0.433. The number of carboxylic acid groups (broad SMARTS) is 1. The Labute approximate surface area is 181 Å². The van der Waals surface area contributed by atoms with Crippen molar-refractivity contribution in [2.45, 2.75) is 26.7 Å². The minimum Gasteiger partial charge on any atom is -0.493 e. The lowest BCUT2D eigenvalue weighted by molar-refractivity contribution is -0.139. The van der Waals surface area contributed by atoms with E-state index in [9.17, 15) is 9.90 Å². The Bertz CT molecular complexity index is 1030. The number of oxazole rings is 1. The zero-order chi connectivity index (χ0) is 22.2. The van der Waals surface area contributed by atoms with Crippen LogP contribution in [0.15, 0.2) is 64.2 Å². The summed E-state index contributed by atoms with van der Waals surface area (Å²) in [6.07, 6.45) is 0.951. The van der Waals surface area contributed by atoms with Crippen LogP contribution in [0.5, 0.6) is 5.75 Å². The van der Waals surface area contributed by atoms with E-state index in [4.69, 9.17) is 14.0 Å². The average Bonchev–Trinajstić information content (AvgIpc) is 3.14. The van der Waals surface area contributed by atoms with E-state index in [-0.39, 0.29) is 0 Å². The van der Waals surface area contributed by atoms with Gasteiger partial charge in [0.1, 0.15) is 24.5 Å². The molecule has 7 heteroatoms. The third kappa shape index (κ3) is 5.94. The van der Waals surface area contributed by atoms with Crippen LogP contribution >= 0.6 is 0 Å². The molecule has 0 fully saturated rings. The molecular weight excluding hydrogens is 396 g/mol. The van der Waals surface area contributed by atoms with E-state index in [2.05, 4.69) is 10.1 Å². The molecule has 0 aliphatic rings. The molecule has 0 spiro atoms. The predicted molar refractivity (Wildman–Crippen MR) is 117 cm³/mol. The zero-order valence-corrected chi connectivity index (χ0v) is 17.9. The van der Waals surface area contributed by atoms with Crippen molar-refractivity contribution in [1.29, 1.82) is 0 Å². The molecule has 0 saturated heterocycles. The quantitative estimate of drug-likeness (QED) is 0.381. The molecule has 1 N–H and O–H groups in total. The third-order valence-electron chi connectivity index (χ3n) is 4.92. The van der Waals surface area contributed by atoms with Crippen molar-refractivity contribution in [1.82, 2.24) is 4.98 Å². The van der Waals surface area contributed by atoms with E-state index in [0.29, 0.717) is 36.8 Å². The second-order valence-electron chi connectivity index (χ2n) is 7.14. The summed E-state index contributed by atoms with van der Waals surface area (Å²) < 4.78 is 11.6. The number of oxime groups is 1. The van der Waals surface area contributed by atoms with E-state index in [1.54, 1.807) is 6.92 Å². The normalized spacial score (nSPS) is 12.4. The molecule has 0 saturated carbocycles. The van der Waals surface area contributed by atoms with Crippen molar-refractivity contribution >= 4 is 11.7 Å². The lowest BCUT2D eigenvalue weighted by Crippen LogP contribution is -2.24. The van der Waals surface area contributed by atoms with Crippen LogP contribution in [-0.4, -0.2) is 35.5 Å². The van der Waals surface area contributed by atoms with Gasteiger partial charge in [0, 0.05) is 12.0 Å². The second kappa shape index (κ2) is 10.4. The fourth-order valence-corrected chi connectivity index (χ4v) is 3.21. The maximum atomic E-state index is 11.5. The Morgan fingerprint density at radius 1 is 1.16 bits per heavy atom. The van der Waals surface area contributed by atoms with Gasteiger partial charge in [0.25, 0.3) is 0 Å². The minimum absolute atomic E-state index is 0.328. The van der Waals surface area contributed by atoms with Crippen molar-refractivity contribution < 1.29 is 23.9 Å². The van der Waals surface area contributed by atoms with Crippen LogP contribution in [0.4, 0.5) is 0 Å². The SMILES string of the molecule is CO/N=C(\C)C(Cc1ccc(OCCc2nc(-c3ccccc3)oc2C)cc1)C(=O)O. The molecule has 0 aliphatic heterocycles. The molecular formula is C24H26N2O5. The summed E-state index contributed by atoms with van der Waals surface area (Å²) >= 11 is 0. The number of hydrogen-bond acceptors (Lipinski definition) is 6. The Kier molecular flexibility index (Phi) is 7.43. The number of aromatic nitrogens is 1. The number of carboxylic acids is 1. The molecule has 3 aromatic rings. The number of ether oxygens (including phenoxy) is 1. The fraction of sp³-hybridized carbons (Fsp3) is 0.292. The van der Waals surface area contributed by atoms with Crippen LogP contribution in [0.2, 0.25) is 0 Å². The first-order chi connectivity index (χ1) is 15.0. The van der Waals surface area contributed by atoms with E-state index in [1.807, 2.05) is 61.5 Å². The van der Waals surface area contributed by atoms with Gasteiger partial charge in [-0.2, -0.15) is 0 Å². The molecule has 7 nitrogen and oxygen atoms in total. The summed E-state index contributed by atoms with van der Waals surface area (Å²) in [4.78, 5) is 20.8. The third-order valence-corrected chi connectivity index (χ3v) is 4.92.